The molecule has 0 unspecified atom stereocenters. The summed E-state index contributed by atoms with van der Waals surface area (Å²) in [6, 6.07) is 4.76. The number of benzene rings is 1. The van der Waals surface area contributed by atoms with Crippen molar-refractivity contribution >= 4 is 17.6 Å². The minimum atomic E-state index is -0.467. The molecule has 104 valence electrons. The van der Waals surface area contributed by atoms with E-state index < -0.39 is 5.91 Å². The number of urea groups is 1. The first-order chi connectivity index (χ1) is 8.90. The molecule has 0 atom stereocenters. The molecule has 0 aliphatic rings. The molecule has 1 aromatic carbocycles. The molecule has 0 aliphatic carbocycles. The van der Waals surface area contributed by atoms with Crippen LogP contribution in [0.1, 0.15) is 36.2 Å². The lowest BCUT2D eigenvalue weighted by atomic mass is 10.1. The van der Waals surface area contributed by atoms with Gasteiger partial charge in [-0.3, -0.25) is 4.79 Å². The van der Waals surface area contributed by atoms with Crippen molar-refractivity contribution < 1.29 is 9.59 Å². The molecule has 1 rings (SSSR count). The molecule has 0 spiro atoms. The fourth-order valence-electron chi connectivity index (χ4n) is 1.67. The number of hydrogen-bond donors (Lipinski definition) is 3. The first kappa shape index (κ1) is 15.0. The molecular formula is C14H21N3O2. The maximum atomic E-state index is 11.6. The normalized spacial score (nSPS) is 10.3. The minimum absolute atomic E-state index is 0.244. The number of primary amides is 1. The summed E-state index contributed by atoms with van der Waals surface area (Å²) in [5, 5.41) is 5.50. The highest BCUT2D eigenvalue weighted by Gasteiger charge is 2.07. The van der Waals surface area contributed by atoms with E-state index in [-0.39, 0.29) is 6.03 Å². The van der Waals surface area contributed by atoms with E-state index in [1.807, 2.05) is 0 Å². The topological polar surface area (TPSA) is 84.2 Å². The Morgan fingerprint density at radius 2 is 2.00 bits per heavy atom. The zero-order valence-electron chi connectivity index (χ0n) is 11.6. The smallest absolute Gasteiger partial charge is 0.319 e. The predicted molar refractivity (Wildman–Crippen MR) is 76.2 cm³/mol. The largest absolute Gasteiger partial charge is 0.366 e. The average molecular weight is 263 g/mol. The average Bonchev–Trinajstić information content (AvgIpc) is 2.27. The molecule has 1 aromatic rings. The van der Waals surface area contributed by atoms with Gasteiger partial charge in [0.2, 0.25) is 5.91 Å². The van der Waals surface area contributed by atoms with Crippen LogP contribution in [0, 0.1) is 12.8 Å². The van der Waals surface area contributed by atoms with Crippen molar-refractivity contribution in [1.82, 2.24) is 5.32 Å². The Morgan fingerprint density at radius 1 is 1.32 bits per heavy atom. The first-order valence-electron chi connectivity index (χ1n) is 6.35. The maximum absolute atomic E-state index is 11.6. The molecule has 0 heterocycles. The van der Waals surface area contributed by atoms with Gasteiger partial charge in [-0.15, -0.1) is 0 Å². The maximum Gasteiger partial charge on any atom is 0.319 e. The Balaban J connectivity index is 2.55. The van der Waals surface area contributed by atoms with Gasteiger partial charge in [-0.2, -0.15) is 0 Å². The molecule has 0 fully saturated rings. The molecular weight excluding hydrogens is 242 g/mol. The zero-order valence-corrected chi connectivity index (χ0v) is 11.6. The van der Waals surface area contributed by atoms with E-state index in [1.165, 1.54) is 0 Å². The predicted octanol–water partition coefficient (Wildman–Crippen LogP) is 2.26. The monoisotopic (exact) mass is 263 g/mol. The Labute approximate surface area is 113 Å². The van der Waals surface area contributed by atoms with Crippen LogP contribution in [0.4, 0.5) is 10.5 Å². The van der Waals surface area contributed by atoms with Crippen LogP contribution in [0.2, 0.25) is 0 Å². The number of amides is 3. The highest BCUT2D eigenvalue weighted by molar-refractivity contribution is 5.95. The van der Waals surface area contributed by atoms with Crippen LogP contribution >= 0.6 is 0 Å². The lowest BCUT2D eigenvalue weighted by molar-refractivity contribution is 0.0999. The number of rotatable bonds is 5. The second kappa shape index (κ2) is 6.78. The number of aryl methyl sites for hydroxylation is 1. The molecule has 5 nitrogen and oxygen atoms in total. The standard InChI is InChI=1S/C14H21N3O2/c1-9(2)6-7-16-14(19)17-11-4-5-12(13(15)18)10(3)8-11/h4-5,8-9H,6-7H2,1-3H3,(H2,15,18)(H2,16,17,19). The Morgan fingerprint density at radius 3 is 2.53 bits per heavy atom. The molecule has 19 heavy (non-hydrogen) atoms. The SMILES string of the molecule is Cc1cc(NC(=O)NCCC(C)C)ccc1C(N)=O. The molecule has 5 heteroatoms. The highest BCUT2D eigenvalue weighted by atomic mass is 16.2. The Bertz CT molecular complexity index is 470. The van der Waals surface area contributed by atoms with Crippen molar-refractivity contribution in [2.24, 2.45) is 11.7 Å². The van der Waals surface area contributed by atoms with Crippen LogP contribution in [0.5, 0.6) is 0 Å². The number of carbonyl (C=O) groups is 2. The summed E-state index contributed by atoms with van der Waals surface area (Å²) < 4.78 is 0. The van der Waals surface area contributed by atoms with Gasteiger partial charge in [-0.1, -0.05) is 13.8 Å². The fraction of sp³-hybridized carbons (Fsp3) is 0.429. The van der Waals surface area contributed by atoms with Crippen molar-refractivity contribution in [3.8, 4) is 0 Å². The van der Waals surface area contributed by atoms with E-state index in [0.717, 1.165) is 12.0 Å². The molecule has 0 aromatic heterocycles. The van der Waals surface area contributed by atoms with Gasteiger partial charge < -0.3 is 16.4 Å². The molecule has 0 bridgehead atoms. The van der Waals surface area contributed by atoms with E-state index in [2.05, 4.69) is 24.5 Å². The molecule has 0 saturated carbocycles. The van der Waals surface area contributed by atoms with Gasteiger partial charge in [0.25, 0.3) is 0 Å². The van der Waals surface area contributed by atoms with E-state index in [0.29, 0.717) is 23.7 Å². The van der Waals surface area contributed by atoms with Gasteiger partial charge in [0, 0.05) is 17.8 Å². The number of nitrogens with one attached hydrogen (secondary N) is 2. The molecule has 0 saturated heterocycles. The van der Waals surface area contributed by atoms with Crippen molar-refractivity contribution in [2.75, 3.05) is 11.9 Å². The van der Waals surface area contributed by atoms with E-state index in [1.54, 1.807) is 25.1 Å². The summed E-state index contributed by atoms with van der Waals surface area (Å²) in [6.45, 7) is 6.63. The summed E-state index contributed by atoms with van der Waals surface area (Å²) in [5.74, 6) is 0.0860. The van der Waals surface area contributed by atoms with E-state index >= 15 is 0 Å². The van der Waals surface area contributed by atoms with E-state index in [4.69, 9.17) is 5.73 Å². The van der Waals surface area contributed by atoms with Crippen LogP contribution in [-0.2, 0) is 0 Å². The summed E-state index contributed by atoms with van der Waals surface area (Å²) in [4.78, 5) is 22.7. The van der Waals surface area contributed by atoms with Crippen LogP contribution in [-0.4, -0.2) is 18.5 Å². The zero-order chi connectivity index (χ0) is 14.4. The molecule has 0 aliphatic heterocycles. The number of carbonyl (C=O) groups excluding carboxylic acids is 2. The second-order valence-corrected chi connectivity index (χ2v) is 4.96. The fourth-order valence-corrected chi connectivity index (χ4v) is 1.67. The van der Waals surface area contributed by atoms with E-state index in [9.17, 15) is 9.59 Å². The van der Waals surface area contributed by atoms with Crippen molar-refractivity contribution in [1.29, 1.82) is 0 Å². The third-order valence-electron chi connectivity index (χ3n) is 2.76. The quantitative estimate of drug-likeness (QED) is 0.761. The number of nitrogens with two attached hydrogens (primary N) is 1. The Kier molecular flexibility index (Phi) is 5.36. The van der Waals surface area contributed by atoms with Gasteiger partial charge in [0.1, 0.15) is 0 Å². The Hall–Kier alpha value is -2.04. The minimum Gasteiger partial charge on any atom is -0.366 e. The third-order valence-corrected chi connectivity index (χ3v) is 2.76. The second-order valence-electron chi connectivity index (χ2n) is 4.96. The van der Waals surface area contributed by atoms with Crippen molar-refractivity contribution in [3.63, 3.8) is 0 Å². The highest BCUT2D eigenvalue weighted by Crippen LogP contribution is 2.14. The van der Waals surface area contributed by atoms with Crippen LogP contribution in [0.25, 0.3) is 0 Å². The summed E-state index contributed by atoms with van der Waals surface area (Å²) >= 11 is 0. The number of hydrogen-bond acceptors (Lipinski definition) is 2. The van der Waals surface area contributed by atoms with Gasteiger partial charge in [0.15, 0.2) is 0 Å². The summed E-state index contributed by atoms with van der Waals surface area (Å²) in [7, 11) is 0. The molecule has 4 N–H and O–H groups in total. The van der Waals surface area contributed by atoms with Crippen LogP contribution < -0.4 is 16.4 Å². The summed E-state index contributed by atoms with van der Waals surface area (Å²) in [5.41, 5.74) is 7.07. The summed E-state index contributed by atoms with van der Waals surface area (Å²) in [6.07, 6.45) is 0.938. The van der Waals surface area contributed by atoms with Gasteiger partial charge >= 0.3 is 6.03 Å². The lowest BCUT2D eigenvalue weighted by Crippen LogP contribution is -2.30. The van der Waals surface area contributed by atoms with Gasteiger partial charge in [-0.05, 0) is 43.0 Å². The number of anilines is 1. The first-order valence-corrected chi connectivity index (χ1v) is 6.35. The van der Waals surface area contributed by atoms with Crippen LogP contribution in [0.3, 0.4) is 0 Å². The van der Waals surface area contributed by atoms with Crippen LogP contribution in [0.15, 0.2) is 18.2 Å². The third kappa shape index (κ3) is 4.99. The lowest BCUT2D eigenvalue weighted by Gasteiger charge is -2.10. The van der Waals surface area contributed by atoms with Gasteiger partial charge in [0.05, 0.1) is 0 Å². The van der Waals surface area contributed by atoms with Crippen molar-refractivity contribution in [3.05, 3.63) is 29.3 Å². The van der Waals surface area contributed by atoms with Crippen molar-refractivity contribution in [2.45, 2.75) is 27.2 Å². The van der Waals surface area contributed by atoms with Gasteiger partial charge in [-0.25, -0.2) is 4.79 Å². The molecule has 3 amide bonds. The molecule has 0 radical (unpaired) electrons.